The molecular weight excluding hydrogens is 967 g/mol. The maximum absolute atomic E-state index is 14.2. The number of aliphatic hydroxyl groups excluding tert-OH is 1. The van der Waals surface area contributed by atoms with E-state index in [1.807, 2.05) is 13.8 Å². The predicted octanol–water partition coefficient (Wildman–Crippen LogP) is -1.14. The Morgan fingerprint density at radius 3 is 1.57 bits per heavy atom. The number of nitrogens with two attached hydrogens (primary N) is 1. The van der Waals surface area contributed by atoms with Gasteiger partial charge in [-0.1, -0.05) is 80.4 Å². The molecule has 15 N–H and O–H groups in total. The van der Waals surface area contributed by atoms with Crippen molar-refractivity contribution in [3.63, 3.8) is 0 Å². The molecule has 0 saturated heterocycles. The molecule has 8 amide bonds. The van der Waals surface area contributed by atoms with Crippen LogP contribution in [0.2, 0.25) is 0 Å². The molecule has 2 rings (SSSR count). The number of imidazole rings is 1. The van der Waals surface area contributed by atoms with Crippen LogP contribution < -0.4 is 48.3 Å². The minimum atomic E-state index is -1.78. The number of carboxylic acids is 2. The van der Waals surface area contributed by atoms with Crippen molar-refractivity contribution in [2.75, 3.05) is 0 Å². The minimum absolute atomic E-state index is 0.0247. The standard InChI is InChI=1S/C49H77N11O14/c1-11-25(7)38(47(71)56-34(19-30-21-51-22-52-30)44(68)55-35(20-36(63)64)45(69)59-39(49(73)74)26(8)12-2)58-46(70)37(24(5)6)57-48(72)40(28(10)61)60-41(65)27(9)53-43(67)33(18-29-13-15-31(62)16-14-29)54-42(66)32(50)17-23(3)4/h13-16,21-28,32-35,37-40,61-62H,11-12,17-20,50H2,1-10H3,(H,51,52)(H,53,67)(H,54,66)(H,55,68)(H,56,71)(H,57,72)(H,58,70)(H,59,69)(H,60,65)(H,63,64)(H,73,74)/t25-,26-,27-,28+,32-,33-,34-,35-,37-,38-,39-,40-/m0/s1. The third kappa shape index (κ3) is 20.4. The molecule has 412 valence electrons. The molecule has 2 aromatic rings. The summed E-state index contributed by atoms with van der Waals surface area (Å²) in [6.45, 7) is 16.0. The van der Waals surface area contributed by atoms with Gasteiger partial charge in [0, 0.05) is 24.7 Å². The summed E-state index contributed by atoms with van der Waals surface area (Å²) in [5, 5.41) is 59.7. The Morgan fingerprint density at radius 1 is 0.581 bits per heavy atom. The molecule has 0 fully saturated rings. The molecule has 0 aliphatic rings. The number of phenolic OH excluding ortho intramolecular Hbond substituents is 1. The largest absolute Gasteiger partial charge is 0.508 e. The molecule has 25 heteroatoms. The van der Waals surface area contributed by atoms with Crippen LogP contribution in [0.3, 0.4) is 0 Å². The van der Waals surface area contributed by atoms with Gasteiger partial charge in [-0.3, -0.25) is 43.2 Å². The van der Waals surface area contributed by atoms with Crippen LogP contribution in [-0.4, -0.2) is 150 Å². The number of rotatable bonds is 31. The fraction of sp³-hybridized carbons (Fsp3) is 0.612. The summed E-state index contributed by atoms with van der Waals surface area (Å²) in [6.07, 6.45) is 0.800. The number of aromatic amines is 1. The third-order valence-electron chi connectivity index (χ3n) is 12.3. The van der Waals surface area contributed by atoms with Gasteiger partial charge < -0.3 is 73.7 Å². The van der Waals surface area contributed by atoms with Crippen LogP contribution in [0.1, 0.15) is 106 Å². The first-order valence-electron chi connectivity index (χ1n) is 24.7. The number of aliphatic carboxylic acids is 2. The van der Waals surface area contributed by atoms with Gasteiger partial charge in [0.2, 0.25) is 47.3 Å². The summed E-state index contributed by atoms with van der Waals surface area (Å²) in [5.41, 5.74) is 6.96. The first kappa shape index (κ1) is 63.0. The Morgan fingerprint density at radius 2 is 1.05 bits per heavy atom. The molecule has 1 aromatic heterocycles. The van der Waals surface area contributed by atoms with Crippen molar-refractivity contribution in [2.45, 2.75) is 168 Å². The number of H-pyrrole nitrogens is 1. The van der Waals surface area contributed by atoms with Crippen LogP contribution in [-0.2, 0) is 60.8 Å². The van der Waals surface area contributed by atoms with Crippen LogP contribution in [0.25, 0.3) is 0 Å². The number of aromatic nitrogens is 2. The molecule has 74 heavy (non-hydrogen) atoms. The lowest BCUT2D eigenvalue weighted by Gasteiger charge is -2.31. The number of carboxylic acid groups (broad SMARTS) is 2. The Bertz CT molecular complexity index is 2220. The monoisotopic (exact) mass is 1040 g/mol. The van der Waals surface area contributed by atoms with Gasteiger partial charge in [0.15, 0.2) is 0 Å². The van der Waals surface area contributed by atoms with E-state index in [1.165, 1.54) is 38.5 Å². The van der Waals surface area contributed by atoms with E-state index in [1.54, 1.807) is 53.7 Å². The highest BCUT2D eigenvalue weighted by Crippen LogP contribution is 2.15. The van der Waals surface area contributed by atoms with E-state index < -0.39 is 144 Å². The van der Waals surface area contributed by atoms with Crippen molar-refractivity contribution in [3.8, 4) is 5.75 Å². The number of aromatic hydroxyl groups is 1. The predicted molar refractivity (Wildman–Crippen MR) is 268 cm³/mol. The van der Waals surface area contributed by atoms with Crippen molar-refractivity contribution < 1.29 is 68.4 Å². The van der Waals surface area contributed by atoms with Crippen LogP contribution in [0.5, 0.6) is 5.75 Å². The number of aliphatic hydroxyl groups is 1. The zero-order valence-corrected chi connectivity index (χ0v) is 43.7. The van der Waals surface area contributed by atoms with Crippen molar-refractivity contribution >= 4 is 59.2 Å². The molecule has 0 aliphatic heterocycles. The van der Waals surface area contributed by atoms with E-state index in [4.69, 9.17) is 5.73 Å². The molecule has 25 nitrogen and oxygen atoms in total. The van der Waals surface area contributed by atoms with Gasteiger partial charge in [-0.2, -0.15) is 0 Å². The van der Waals surface area contributed by atoms with Crippen LogP contribution >= 0.6 is 0 Å². The van der Waals surface area contributed by atoms with Crippen LogP contribution in [0, 0.1) is 23.7 Å². The molecule has 1 heterocycles. The zero-order chi connectivity index (χ0) is 56.1. The second-order valence-corrected chi connectivity index (χ2v) is 19.4. The molecule has 12 atom stereocenters. The average molecular weight is 1040 g/mol. The Labute approximate surface area is 430 Å². The lowest BCUT2D eigenvalue weighted by atomic mass is 9.95. The third-order valence-corrected chi connectivity index (χ3v) is 12.3. The van der Waals surface area contributed by atoms with Crippen molar-refractivity contribution in [2.24, 2.45) is 29.4 Å². The molecule has 0 spiro atoms. The first-order chi connectivity index (χ1) is 34.6. The fourth-order valence-corrected chi connectivity index (χ4v) is 7.44. The second-order valence-electron chi connectivity index (χ2n) is 19.4. The van der Waals surface area contributed by atoms with Gasteiger partial charge in [-0.15, -0.1) is 0 Å². The SMILES string of the molecule is CC[C@H](C)[C@H](NC(=O)[C@H](CC(=O)O)NC(=O)[C@H](Cc1cnc[nH]1)NC(=O)[C@@H](NC(=O)[C@@H](NC(=O)[C@@H](NC(=O)[C@H](C)NC(=O)[C@H](Cc1ccc(O)cc1)NC(=O)[C@@H](N)CC(C)C)[C@@H](C)O)C(C)C)[C@@H](C)CC)C(=O)O. The van der Waals surface area contributed by atoms with E-state index >= 15 is 0 Å². The second kappa shape index (κ2) is 30.1. The normalized spacial score (nSPS) is 16.2. The Hall–Kier alpha value is -7.15. The molecule has 0 bridgehead atoms. The lowest BCUT2D eigenvalue weighted by Crippen LogP contribution is -2.63. The Balaban J connectivity index is 2.33. The smallest absolute Gasteiger partial charge is 0.326 e. The van der Waals surface area contributed by atoms with E-state index in [-0.39, 0.29) is 24.5 Å². The van der Waals surface area contributed by atoms with Gasteiger partial charge in [-0.05, 0) is 61.6 Å². The first-order valence-corrected chi connectivity index (χ1v) is 24.7. The number of hydrogen-bond acceptors (Lipinski definition) is 14. The molecule has 0 unspecified atom stereocenters. The van der Waals surface area contributed by atoms with Gasteiger partial charge in [0.05, 0.1) is 24.9 Å². The number of carbonyl (C=O) groups is 10. The maximum Gasteiger partial charge on any atom is 0.326 e. The molecule has 1 aromatic carbocycles. The van der Waals surface area contributed by atoms with Crippen molar-refractivity contribution in [1.29, 1.82) is 0 Å². The highest BCUT2D eigenvalue weighted by Gasteiger charge is 2.38. The summed E-state index contributed by atoms with van der Waals surface area (Å²) in [6, 6.07) is -6.80. The topological polar surface area (TPSA) is 403 Å². The van der Waals surface area contributed by atoms with E-state index in [2.05, 4.69) is 52.5 Å². The van der Waals surface area contributed by atoms with Crippen molar-refractivity contribution in [1.82, 2.24) is 52.5 Å². The van der Waals surface area contributed by atoms with E-state index in [9.17, 15) is 68.4 Å². The number of amides is 8. The van der Waals surface area contributed by atoms with Crippen LogP contribution in [0.4, 0.5) is 0 Å². The van der Waals surface area contributed by atoms with Gasteiger partial charge >= 0.3 is 11.9 Å². The van der Waals surface area contributed by atoms with Crippen molar-refractivity contribution in [3.05, 3.63) is 48.0 Å². The summed E-state index contributed by atoms with van der Waals surface area (Å²) in [7, 11) is 0. The summed E-state index contributed by atoms with van der Waals surface area (Å²) in [4.78, 5) is 140. The van der Waals surface area contributed by atoms with Gasteiger partial charge in [0.25, 0.3) is 0 Å². The average Bonchev–Trinajstić information content (AvgIpc) is 3.84. The van der Waals surface area contributed by atoms with Crippen LogP contribution in [0.15, 0.2) is 36.8 Å². The quantitative estimate of drug-likeness (QED) is 0.0424. The van der Waals surface area contributed by atoms with E-state index in [0.29, 0.717) is 30.5 Å². The highest BCUT2D eigenvalue weighted by atomic mass is 16.4. The number of nitrogens with one attached hydrogen (secondary N) is 9. The molecule has 0 radical (unpaired) electrons. The summed E-state index contributed by atoms with van der Waals surface area (Å²) >= 11 is 0. The van der Waals surface area contributed by atoms with Gasteiger partial charge in [0.1, 0.15) is 54.1 Å². The number of phenols is 1. The summed E-state index contributed by atoms with van der Waals surface area (Å²) in [5.74, 6) is -11.9. The maximum atomic E-state index is 14.2. The molecule has 0 saturated carbocycles. The minimum Gasteiger partial charge on any atom is -0.508 e. The highest BCUT2D eigenvalue weighted by molar-refractivity contribution is 5.99. The number of hydrogen-bond donors (Lipinski definition) is 14. The molecular formula is C49H77N11O14. The zero-order valence-electron chi connectivity index (χ0n) is 43.7. The fourth-order valence-electron chi connectivity index (χ4n) is 7.44. The van der Waals surface area contributed by atoms with E-state index in [0.717, 1.165) is 0 Å². The number of nitrogens with zero attached hydrogens (tertiary/aromatic N) is 1. The number of benzene rings is 1. The summed E-state index contributed by atoms with van der Waals surface area (Å²) < 4.78 is 0. The lowest BCUT2D eigenvalue weighted by molar-refractivity contribution is -0.145. The van der Waals surface area contributed by atoms with Gasteiger partial charge in [-0.25, -0.2) is 9.78 Å². The Kier molecular flexibility index (Phi) is 25.6. The number of carbonyl (C=O) groups excluding carboxylic acids is 8. The molecule has 0 aliphatic carbocycles.